The van der Waals surface area contributed by atoms with E-state index in [1.807, 2.05) is 45.9 Å². The molecule has 116 valence electrons. The van der Waals surface area contributed by atoms with E-state index in [-0.39, 0.29) is 11.4 Å². The molecule has 1 heterocycles. The lowest BCUT2D eigenvalue weighted by Gasteiger charge is -2.20. The van der Waals surface area contributed by atoms with Crippen LogP contribution in [0.15, 0.2) is 36.7 Å². The molecule has 0 radical (unpaired) electrons. The van der Waals surface area contributed by atoms with Crippen LogP contribution in [0.3, 0.4) is 0 Å². The standard InChI is InChI=1S/C17H20ClN3O/c1-11-7-13(18)5-6-15(11)20-14-8-12(9-19-10-14)16(22)21-17(2,3)4/h5-10,20H,1-4H3,(H,21,22). The van der Waals surface area contributed by atoms with Crippen LogP contribution in [0.25, 0.3) is 0 Å². The van der Waals surface area contributed by atoms with Crippen molar-refractivity contribution in [3.63, 3.8) is 0 Å². The highest BCUT2D eigenvalue weighted by Crippen LogP contribution is 2.23. The maximum Gasteiger partial charge on any atom is 0.253 e. The molecule has 0 saturated carbocycles. The first-order chi connectivity index (χ1) is 10.2. The number of amides is 1. The number of benzene rings is 1. The zero-order valence-corrected chi connectivity index (χ0v) is 14.0. The summed E-state index contributed by atoms with van der Waals surface area (Å²) in [7, 11) is 0. The summed E-state index contributed by atoms with van der Waals surface area (Å²) in [6.07, 6.45) is 3.24. The van der Waals surface area contributed by atoms with Gasteiger partial charge >= 0.3 is 0 Å². The molecule has 0 aliphatic rings. The highest BCUT2D eigenvalue weighted by molar-refractivity contribution is 6.30. The van der Waals surface area contributed by atoms with E-state index in [4.69, 9.17) is 11.6 Å². The number of nitrogens with zero attached hydrogens (tertiary/aromatic N) is 1. The Morgan fingerprint density at radius 2 is 1.91 bits per heavy atom. The zero-order valence-electron chi connectivity index (χ0n) is 13.2. The lowest BCUT2D eigenvalue weighted by molar-refractivity contribution is 0.0919. The Balaban J connectivity index is 2.20. The second-order valence-electron chi connectivity index (χ2n) is 6.25. The minimum Gasteiger partial charge on any atom is -0.354 e. The average molecular weight is 318 g/mol. The van der Waals surface area contributed by atoms with Crippen molar-refractivity contribution < 1.29 is 4.79 Å². The molecule has 0 saturated heterocycles. The number of carbonyl (C=O) groups excluding carboxylic acids is 1. The van der Waals surface area contributed by atoms with Crippen LogP contribution >= 0.6 is 11.6 Å². The Labute approximate surface area is 135 Å². The van der Waals surface area contributed by atoms with E-state index < -0.39 is 0 Å². The third-order valence-corrected chi connectivity index (χ3v) is 3.19. The molecule has 0 bridgehead atoms. The Morgan fingerprint density at radius 1 is 1.18 bits per heavy atom. The average Bonchev–Trinajstić information content (AvgIpc) is 2.40. The monoisotopic (exact) mass is 317 g/mol. The quantitative estimate of drug-likeness (QED) is 0.886. The molecule has 1 aromatic heterocycles. The van der Waals surface area contributed by atoms with Crippen LogP contribution in [0.5, 0.6) is 0 Å². The minimum absolute atomic E-state index is 0.142. The van der Waals surface area contributed by atoms with Gasteiger partial charge in [-0.25, -0.2) is 0 Å². The summed E-state index contributed by atoms with van der Waals surface area (Å²) < 4.78 is 0. The fourth-order valence-electron chi connectivity index (χ4n) is 1.97. The molecule has 22 heavy (non-hydrogen) atoms. The first-order valence-corrected chi connectivity index (χ1v) is 7.43. The Morgan fingerprint density at radius 3 is 2.55 bits per heavy atom. The second kappa shape index (κ2) is 6.36. The van der Waals surface area contributed by atoms with Crippen molar-refractivity contribution in [3.8, 4) is 0 Å². The third kappa shape index (κ3) is 4.46. The number of pyridine rings is 1. The van der Waals surface area contributed by atoms with E-state index in [2.05, 4.69) is 15.6 Å². The maximum absolute atomic E-state index is 12.2. The number of nitrogens with one attached hydrogen (secondary N) is 2. The molecular weight excluding hydrogens is 298 g/mol. The van der Waals surface area contributed by atoms with Gasteiger partial charge in [0, 0.05) is 22.4 Å². The fraction of sp³-hybridized carbons (Fsp3) is 0.294. The summed E-state index contributed by atoms with van der Waals surface area (Å²) in [5, 5.41) is 6.87. The number of carbonyl (C=O) groups is 1. The number of hydrogen-bond donors (Lipinski definition) is 2. The van der Waals surface area contributed by atoms with Gasteiger partial charge in [-0.1, -0.05) is 11.6 Å². The van der Waals surface area contributed by atoms with E-state index in [0.29, 0.717) is 10.6 Å². The van der Waals surface area contributed by atoms with Crippen LogP contribution in [0.4, 0.5) is 11.4 Å². The van der Waals surface area contributed by atoms with Crippen molar-refractivity contribution in [1.82, 2.24) is 10.3 Å². The van der Waals surface area contributed by atoms with E-state index in [9.17, 15) is 4.79 Å². The topological polar surface area (TPSA) is 54.0 Å². The summed E-state index contributed by atoms with van der Waals surface area (Å²) in [4.78, 5) is 16.3. The zero-order chi connectivity index (χ0) is 16.3. The molecule has 2 aromatic rings. The van der Waals surface area contributed by atoms with Gasteiger partial charge in [-0.2, -0.15) is 0 Å². The van der Waals surface area contributed by atoms with Gasteiger partial charge in [0.15, 0.2) is 0 Å². The molecule has 4 nitrogen and oxygen atoms in total. The van der Waals surface area contributed by atoms with Gasteiger partial charge in [0.25, 0.3) is 5.91 Å². The summed E-state index contributed by atoms with van der Waals surface area (Å²) in [6.45, 7) is 7.80. The van der Waals surface area contributed by atoms with Crippen molar-refractivity contribution in [2.75, 3.05) is 5.32 Å². The largest absolute Gasteiger partial charge is 0.354 e. The highest BCUT2D eigenvalue weighted by Gasteiger charge is 2.15. The van der Waals surface area contributed by atoms with Gasteiger partial charge in [-0.05, 0) is 57.5 Å². The van der Waals surface area contributed by atoms with Gasteiger partial charge < -0.3 is 10.6 Å². The molecule has 0 aliphatic carbocycles. The van der Waals surface area contributed by atoms with Gasteiger partial charge in [-0.15, -0.1) is 0 Å². The van der Waals surface area contributed by atoms with Crippen molar-refractivity contribution in [2.24, 2.45) is 0 Å². The molecular formula is C17H20ClN3O. The van der Waals surface area contributed by atoms with Crippen LogP contribution < -0.4 is 10.6 Å². The number of rotatable bonds is 3. The SMILES string of the molecule is Cc1cc(Cl)ccc1Nc1cncc(C(=O)NC(C)(C)C)c1. The van der Waals surface area contributed by atoms with E-state index >= 15 is 0 Å². The number of aryl methyl sites for hydroxylation is 1. The summed E-state index contributed by atoms with van der Waals surface area (Å²) in [5.74, 6) is -0.142. The Hall–Kier alpha value is -2.07. The normalized spacial score (nSPS) is 11.1. The van der Waals surface area contributed by atoms with Crippen molar-refractivity contribution >= 4 is 28.9 Å². The molecule has 0 unspecified atom stereocenters. The summed E-state index contributed by atoms with van der Waals surface area (Å²) in [5.41, 5.74) is 2.95. The Bertz CT molecular complexity index is 693. The molecule has 0 spiro atoms. The van der Waals surface area contributed by atoms with Crippen molar-refractivity contribution in [1.29, 1.82) is 0 Å². The van der Waals surface area contributed by atoms with Gasteiger partial charge in [0.1, 0.15) is 0 Å². The number of aromatic nitrogens is 1. The van der Waals surface area contributed by atoms with Crippen LogP contribution in [-0.4, -0.2) is 16.4 Å². The molecule has 1 aromatic carbocycles. The first kappa shape index (κ1) is 16.3. The van der Waals surface area contributed by atoms with E-state index in [0.717, 1.165) is 16.9 Å². The van der Waals surface area contributed by atoms with Crippen molar-refractivity contribution in [3.05, 3.63) is 52.8 Å². The molecule has 2 rings (SSSR count). The first-order valence-electron chi connectivity index (χ1n) is 7.05. The number of anilines is 2. The van der Waals surface area contributed by atoms with Gasteiger partial charge in [0.2, 0.25) is 0 Å². The summed E-state index contributed by atoms with van der Waals surface area (Å²) in [6, 6.07) is 7.38. The van der Waals surface area contributed by atoms with E-state index in [1.54, 1.807) is 18.5 Å². The van der Waals surface area contributed by atoms with Crippen LogP contribution in [0.2, 0.25) is 5.02 Å². The van der Waals surface area contributed by atoms with E-state index in [1.165, 1.54) is 0 Å². The fourth-order valence-corrected chi connectivity index (χ4v) is 2.19. The molecule has 0 fully saturated rings. The lowest BCUT2D eigenvalue weighted by atomic mass is 10.1. The minimum atomic E-state index is -0.284. The number of halogens is 1. The molecule has 2 N–H and O–H groups in total. The van der Waals surface area contributed by atoms with Gasteiger partial charge in [-0.3, -0.25) is 9.78 Å². The molecule has 1 amide bonds. The Kier molecular flexibility index (Phi) is 4.71. The predicted molar refractivity (Wildman–Crippen MR) is 90.9 cm³/mol. The maximum atomic E-state index is 12.2. The molecule has 0 aliphatic heterocycles. The third-order valence-electron chi connectivity index (χ3n) is 2.96. The summed E-state index contributed by atoms with van der Waals surface area (Å²) >= 11 is 5.96. The van der Waals surface area contributed by atoms with Crippen molar-refractivity contribution in [2.45, 2.75) is 33.2 Å². The number of hydrogen-bond acceptors (Lipinski definition) is 3. The second-order valence-corrected chi connectivity index (χ2v) is 6.69. The molecule has 0 atom stereocenters. The van der Waals surface area contributed by atoms with Crippen LogP contribution in [-0.2, 0) is 0 Å². The highest BCUT2D eigenvalue weighted by atomic mass is 35.5. The van der Waals surface area contributed by atoms with Crippen LogP contribution in [0.1, 0.15) is 36.7 Å². The smallest absolute Gasteiger partial charge is 0.253 e. The predicted octanol–water partition coefficient (Wildman–Crippen LogP) is 4.32. The van der Waals surface area contributed by atoms with Gasteiger partial charge in [0.05, 0.1) is 17.4 Å². The lowest BCUT2D eigenvalue weighted by Crippen LogP contribution is -2.40. The van der Waals surface area contributed by atoms with Crippen LogP contribution in [0, 0.1) is 6.92 Å². The molecule has 5 heteroatoms.